The number of rotatable bonds is 4. The van der Waals surface area contributed by atoms with Crippen molar-refractivity contribution in [3.05, 3.63) is 35.9 Å². The molecule has 0 aliphatic carbocycles. The van der Waals surface area contributed by atoms with Gasteiger partial charge in [-0.05, 0) is 36.8 Å². The normalized spacial score (nSPS) is 11.0. The Morgan fingerprint density at radius 2 is 2.00 bits per heavy atom. The van der Waals surface area contributed by atoms with Gasteiger partial charge in [0.25, 0.3) is 0 Å². The molecular weight excluding hydrogens is 206 g/mol. The Morgan fingerprint density at radius 3 is 2.50 bits per heavy atom. The minimum Gasteiger partial charge on any atom is -0.497 e. The topological polar surface area (TPSA) is 61.5 Å². The van der Waals surface area contributed by atoms with E-state index in [1.807, 2.05) is 0 Å². The van der Waals surface area contributed by atoms with Gasteiger partial charge in [0.15, 0.2) is 0 Å². The van der Waals surface area contributed by atoms with Gasteiger partial charge in [-0.3, -0.25) is 0 Å². The van der Waals surface area contributed by atoms with Crippen LogP contribution in [0.1, 0.15) is 12.5 Å². The minimum absolute atomic E-state index is 0.339. The zero-order valence-corrected chi connectivity index (χ0v) is 9.40. The van der Waals surface area contributed by atoms with Gasteiger partial charge in [0, 0.05) is 11.8 Å². The van der Waals surface area contributed by atoms with Crippen LogP contribution in [0.25, 0.3) is 5.70 Å². The van der Waals surface area contributed by atoms with Gasteiger partial charge in [0.05, 0.1) is 13.7 Å². The van der Waals surface area contributed by atoms with Crippen molar-refractivity contribution in [2.75, 3.05) is 13.7 Å². The van der Waals surface area contributed by atoms with Crippen molar-refractivity contribution in [3.63, 3.8) is 0 Å². The van der Waals surface area contributed by atoms with Crippen LogP contribution in [0.3, 0.4) is 0 Å². The lowest BCUT2D eigenvalue weighted by atomic mass is 10.1. The van der Waals surface area contributed by atoms with Crippen LogP contribution >= 0.6 is 0 Å². The van der Waals surface area contributed by atoms with E-state index in [1.165, 1.54) is 6.08 Å². The zero-order chi connectivity index (χ0) is 12.0. The summed E-state index contributed by atoms with van der Waals surface area (Å²) in [6, 6.07) is 7.12. The number of ether oxygens (including phenoxy) is 2. The molecule has 0 amide bonds. The van der Waals surface area contributed by atoms with Crippen LogP contribution in [-0.4, -0.2) is 19.7 Å². The summed E-state index contributed by atoms with van der Waals surface area (Å²) in [7, 11) is 1.59. The summed E-state index contributed by atoms with van der Waals surface area (Å²) in [5, 5.41) is 0. The SMILES string of the molecule is CCOC(=O)C=C(N)c1ccc(OC)cc1. The number of carbonyl (C=O) groups is 1. The second-order valence-electron chi connectivity index (χ2n) is 3.08. The lowest BCUT2D eigenvalue weighted by Gasteiger charge is -2.03. The van der Waals surface area contributed by atoms with E-state index in [0.29, 0.717) is 12.3 Å². The van der Waals surface area contributed by atoms with E-state index in [4.69, 9.17) is 15.2 Å². The maximum Gasteiger partial charge on any atom is 0.332 e. The molecule has 0 aliphatic rings. The van der Waals surface area contributed by atoms with Gasteiger partial charge in [0.2, 0.25) is 0 Å². The second kappa shape index (κ2) is 5.80. The van der Waals surface area contributed by atoms with Gasteiger partial charge in [-0.1, -0.05) is 0 Å². The minimum atomic E-state index is -0.434. The van der Waals surface area contributed by atoms with Crippen molar-refractivity contribution in [3.8, 4) is 5.75 Å². The Morgan fingerprint density at radius 1 is 1.38 bits per heavy atom. The van der Waals surface area contributed by atoms with Crippen LogP contribution in [0.2, 0.25) is 0 Å². The largest absolute Gasteiger partial charge is 0.497 e. The zero-order valence-electron chi connectivity index (χ0n) is 9.40. The summed E-state index contributed by atoms with van der Waals surface area (Å²) in [5.74, 6) is 0.309. The highest BCUT2D eigenvalue weighted by molar-refractivity contribution is 5.90. The molecule has 2 N–H and O–H groups in total. The summed E-state index contributed by atoms with van der Waals surface area (Å²) in [5.41, 5.74) is 6.87. The van der Waals surface area contributed by atoms with Crippen LogP contribution in [0.5, 0.6) is 5.75 Å². The lowest BCUT2D eigenvalue weighted by Crippen LogP contribution is -2.05. The molecule has 0 bridgehead atoms. The number of carbonyl (C=O) groups excluding carboxylic acids is 1. The van der Waals surface area contributed by atoms with Gasteiger partial charge in [-0.15, -0.1) is 0 Å². The molecule has 0 spiro atoms. The fourth-order valence-electron chi connectivity index (χ4n) is 1.18. The number of benzene rings is 1. The van der Waals surface area contributed by atoms with Crippen LogP contribution in [0.4, 0.5) is 0 Å². The van der Waals surface area contributed by atoms with Crippen molar-refractivity contribution < 1.29 is 14.3 Å². The molecule has 86 valence electrons. The maximum atomic E-state index is 11.1. The molecule has 16 heavy (non-hydrogen) atoms. The van der Waals surface area contributed by atoms with E-state index in [1.54, 1.807) is 38.3 Å². The third-order valence-electron chi connectivity index (χ3n) is 1.98. The highest BCUT2D eigenvalue weighted by Gasteiger charge is 2.01. The molecule has 1 aromatic carbocycles. The molecule has 0 heterocycles. The van der Waals surface area contributed by atoms with Gasteiger partial charge < -0.3 is 15.2 Å². The van der Waals surface area contributed by atoms with Crippen molar-refractivity contribution >= 4 is 11.7 Å². The molecule has 0 aromatic heterocycles. The van der Waals surface area contributed by atoms with Crippen LogP contribution in [0.15, 0.2) is 30.3 Å². The average molecular weight is 221 g/mol. The van der Waals surface area contributed by atoms with E-state index in [9.17, 15) is 4.79 Å². The Labute approximate surface area is 94.7 Å². The number of esters is 1. The summed E-state index contributed by atoms with van der Waals surface area (Å²) in [4.78, 5) is 11.1. The smallest absolute Gasteiger partial charge is 0.332 e. The van der Waals surface area contributed by atoms with E-state index in [2.05, 4.69) is 0 Å². The molecular formula is C12H15NO3. The first-order chi connectivity index (χ1) is 7.67. The summed E-state index contributed by atoms with van der Waals surface area (Å²) >= 11 is 0. The molecule has 4 heteroatoms. The number of methoxy groups -OCH3 is 1. The Bertz CT molecular complexity index is 382. The van der Waals surface area contributed by atoms with Crippen molar-refractivity contribution in [2.45, 2.75) is 6.92 Å². The number of hydrogen-bond acceptors (Lipinski definition) is 4. The highest BCUT2D eigenvalue weighted by atomic mass is 16.5. The lowest BCUT2D eigenvalue weighted by molar-refractivity contribution is -0.137. The van der Waals surface area contributed by atoms with Crippen LogP contribution in [-0.2, 0) is 9.53 Å². The van der Waals surface area contributed by atoms with Crippen molar-refractivity contribution in [1.82, 2.24) is 0 Å². The summed E-state index contributed by atoms with van der Waals surface area (Å²) in [6.07, 6.45) is 1.27. The van der Waals surface area contributed by atoms with E-state index < -0.39 is 5.97 Å². The Hall–Kier alpha value is -1.97. The van der Waals surface area contributed by atoms with E-state index >= 15 is 0 Å². The number of nitrogens with two attached hydrogens (primary N) is 1. The molecule has 0 saturated carbocycles. The Kier molecular flexibility index (Phi) is 4.39. The fraction of sp³-hybridized carbons (Fsp3) is 0.250. The number of hydrogen-bond donors (Lipinski definition) is 1. The van der Waals surface area contributed by atoms with Crippen molar-refractivity contribution in [1.29, 1.82) is 0 Å². The molecule has 4 nitrogen and oxygen atoms in total. The van der Waals surface area contributed by atoms with Crippen molar-refractivity contribution in [2.24, 2.45) is 5.73 Å². The van der Waals surface area contributed by atoms with E-state index in [-0.39, 0.29) is 0 Å². The molecule has 0 fully saturated rings. The van der Waals surface area contributed by atoms with Crippen LogP contribution < -0.4 is 10.5 Å². The molecule has 0 radical (unpaired) electrons. The second-order valence-corrected chi connectivity index (χ2v) is 3.08. The standard InChI is InChI=1S/C12H15NO3/c1-3-16-12(14)8-11(13)9-4-6-10(15-2)7-5-9/h4-8H,3,13H2,1-2H3. The molecule has 1 aromatic rings. The molecule has 1 rings (SSSR count). The van der Waals surface area contributed by atoms with Gasteiger partial charge in [0.1, 0.15) is 5.75 Å². The average Bonchev–Trinajstić information content (AvgIpc) is 2.29. The van der Waals surface area contributed by atoms with E-state index in [0.717, 1.165) is 11.3 Å². The van der Waals surface area contributed by atoms with Gasteiger partial charge in [-0.2, -0.15) is 0 Å². The quantitative estimate of drug-likeness (QED) is 0.619. The molecule has 0 unspecified atom stereocenters. The maximum absolute atomic E-state index is 11.1. The van der Waals surface area contributed by atoms with Gasteiger partial charge in [-0.25, -0.2) is 4.79 Å². The molecule has 0 atom stereocenters. The summed E-state index contributed by atoms with van der Waals surface area (Å²) in [6.45, 7) is 2.08. The predicted molar refractivity (Wildman–Crippen MR) is 61.8 cm³/mol. The summed E-state index contributed by atoms with van der Waals surface area (Å²) < 4.78 is 9.78. The highest BCUT2D eigenvalue weighted by Crippen LogP contribution is 2.15. The third kappa shape index (κ3) is 3.31. The molecule has 0 aliphatic heterocycles. The first-order valence-corrected chi connectivity index (χ1v) is 4.95. The Balaban J connectivity index is 2.79. The monoisotopic (exact) mass is 221 g/mol. The third-order valence-corrected chi connectivity index (χ3v) is 1.98. The predicted octanol–water partition coefficient (Wildman–Crippen LogP) is 1.56. The van der Waals surface area contributed by atoms with Crippen LogP contribution in [0, 0.1) is 0 Å². The first-order valence-electron chi connectivity index (χ1n) is 4.95. The first kappa shape index (κ1) is 12.1. The molecule has 0 saturated heterocycles. The fourth-order valence-corrected chi connectivity index (χ4v) is 1.18. The van der Waals surface area contributed by atoms with Gasteiger partial charge >= 0.3 is 5.97 Å².